The van der Waals surface area contributed by atoms with E-state index >= 15 is 0 Å². The van der Waals surface area contributed by atoms with Gasteiger partial charge in [0.25, 0.3) is 0 Å². The van der Waals surface area contributed by atoms with Crippen molar-refractivity contribution < 1.29 is 23.7 Å². The molecule has 3 saturated heterocycles. The lowest BCUT2D eigenvalue weighted by molar-refractivity contribution is -0.321. The summed E-state index contributed by atoms with van der Waals surface area (Å²) in [5.41, 5.74) is -0.545. The molecule has 3 unspecified atom stereocenters. The van der Waals surface area contributed by atoms with Crippen LogP contribution >= 0.6 is 15.9 Å². The minimum absolute atomic E-state index is 0.0265. The second kappa shape index (κ2) is 7.06. The zero-order chi connectivity index (χ0) is 26.8. The Morgan fingerprint density at radius 1 is 0.816 bits per heavy atom. The van der Waals surface area contributed by atoms with Crippen LogP contribution < -0.4 is 0 Å². The molecule has 0 N–H and O–H groups in total. The highest BCUT2D eigenvalue weighted by molar-refractivity contribution is 9.09. The summed E-state index contributed by atoms with van der Waals surface area (Å²) in [6.07, 6.45) is 9.63. The van der Waals surface area contributed by atoms with Crippen molar-refractivity contribution in [3.8, 4) is 0 Å². The SMILES string of the molecule is CC1(C)CC[C@@]23CC[C@]4(C)[C@@](OC2=O)(C3C1)[C@@H](Br)CC1[C@@]2(C)CCC3(OCCO3)[C@@]3(C)CO[C@@H](C[C@]14C)C23. The van der Waals surface area contributed by atoms with Gasteiger partial charge < -0.3 is 18.9 Å². The molecule has 0 amide bonds. The van der Waals surface area contributed by atoms with E-state index in [0.29, 0.717) is 31.0 Å². The van der Waals surface area contributed by atoms with Crippen LogP contribution in [-0.4, -0.2) is 48.1 Å². The predicted molar refractivity (Wildman–Crippen MR) is 147 cm³/mol. The van der Waals surface area contributed by atoms with E-state index in [9.17, 15) is 4.79 Å². The first-order valence-corrected chi connectivity index (χ1v) is 16.4. The highest BCUT2D eigenvalue weighted by atomic mass is 79.9. The van der Waals surface area contributed by atoms with E-state index in [-0.39, 0.29) is 49.4 Å². The van der Waals surface area contributed by atoms with E-state index in [1.54, 1.807) is 0 Å². The standard InChI is InChI=1S/C32H47BrO5/c1-25(2)7-10-30-11-9-29(6)27(4)16-19-23-26(3,8-12-31(36-13-14-37-31)28(23,5)18-35-19)20(27)15-22(33)32(29,21(30)17-25)38-24(30)34/h19-23H,7-18H2,1-6H3/t19-,20?,21?,22-,23?,26+,27+,28-,29-,30-,32+/m0/s1. The van der Waals surface area contributed by atoms with Gasteiger partial charge in [0, 0.05) is 23.7 Å². The fourth-order valence-electron chi connectivity index (χ4n) is 13.2. The summed E-state index contributed by atoms with van der Waals surface area (Å²) >= 11 is 4.32. The van der Waals surface area contributed by atoms with E-state index in [1.807, 2.05) is 0 Å². The number of carbonyl (C=O) groups is 1. The van der Waals surface area contributed by atoms with Crippen LogP contribution in [-0.2, 0) is 23.7 Å². The Labute approximate surface area is 236 Å². The highest BCUT2D eigenvalue weighted by Crippen LogP contribution is 2.82. The summed E-state index contributed by atoms with van der Waals surface area (Å²) in [5.74, 6) is 0.862. The summed E-state index contributed by atoms with van der Waals surface area (Å²) in [7, 11) is 0. The average molecular weight is 592 g/mol. The second-order valence-electron chi connectivity index (χ2n) is 16.7. The number of hydrogen-bond acceptors (Lipinski definition) is 5. The number of rotatable bonds is 0. The van der Waals surface area contributed by atoms with Crippen molar-refractivity contribution >= 4 is 21.9 Å². The summed E-state index contributed by atoms with van der Waals surface area (Å²) < 4.78 is 26.7. The number of fused-ring (bicyclic) bond motifs is 4. The molecule has 5 nitrogen and oxygen atoms in total. The Morgan fingerprint density at radius 3 is 2.26 bits per heavy atom. The molecule has 11 atom stereocenters. The first-order valence-electron chi connectivity index (χ1n) is 15.5. The van der Waals surface area contributed by atoms with Gasteiger partial charge in [-0.3, -0.25) is 4.79 Å². The number of alkyl halides is 1. The van der Waals surface area contributed by atoms with Gasteiger partial charge in [-0.05, 0) is 73.5 Å². The zero-order valence-electron chi connectivity index (χ0n) is 24.3. The topological polar surface area (TPSA) is 54.0 Å². The molecule has 3 heterocycles. The number of carbonyl (C=O) groups excluding carboxylic acids is 1. The third kappa shape index (κ3) is 2.43. The van der Waals surface area contributed by atoms with Gasteiger partial charge in [0.1, 0.15) is 5.60 Å². The molecule has 2 spiro atoms. The summed E-state index contributed by atoms with van der Waals surface area (Å²) in [5, 5.41) is 0. The predicted octanol–water partition coefficient (Wildman–Crippen LogP) is 6.65. The first-order chi connectivity index (χ1) is 17.7. The van der Waals surface area contributed by atoms with Crippen LogP contribution in [0.1, 0.15) is 99.3 Å². The molecular weight excluding hydrogens is 544 g/mol. The molecule has 0 aromatic heterocycles. The van der Waals surface area contributed by atoms with Crippen molar-refractivity contribution in [1.82, 2.24) is 0 Å². The molecule has 8 fully saturated rings. The lowest BCUT2D eigenvalue weighted by Crippen LogP contribution is -2.76. The van der Waals surface area contributed by atoms with Crippen molar-refractivity contribution in [3.05, 3.63) is 0 Å². The van der Waals surface area contributed by atoms with Crippen molar-refractivity contribution in [1.29, 1.82) is 0 Å². The number of halogens is 1. The maximum Gasteiger partial charge on any atom is 0.313 e. The van der Waals surface area contributed by atoms with Gasteiger partial charge >= 0.3 is 5.97 Å². The first kappa shape index (κ1) is 25.5. The van der Waals surface area contributed by atoms with Crippen molar-refractivity contribution in [2.24, 2.45) is 50.2 Å². The fraction of sp³-hybridized carbons (Fsp3) is 0.969. The van der Waals surface area contributed by atoms with E-state index < -0.39 is 11.4 Å². The fourth-order valence-corrected chi connectivity index (χ4v) is 14.5. The van der Waals surface area contributed by atoms with Gasteiger partial charge in [0.15, 0.2) is 5.79 Å². The van der Waals surface area contributed by atoms with E-state index in [4.69, 9.17) is 18.9 Å². The normalized spacial score (nSPS) is 61.0. The smallest absolute Gasteiger partial charge is 0.313 e. The minimum Gasteiger partial charge on any atom is -0.457 e. The summed E-state index contributed by atoms with van der Waals surface area (Å²) in [6, 6.07) is 0. The third-order valence-electron chi connectivity index (χ3n) is 15.1. The van der Waals surface area contributed by atoms with Crippen LogP contribution in [0, 0.1) is 50.2 Å². The van der Waals surface area contributed by atoms with E-state index in [0.717, 1.165) is 64.4 Å². The molecule has 0 aromatic rings. The van der Waals surface area contributed by atoms with E-state index in [1.165, 1.54) is 0 Å². The highest BCUT2D eigenvalue weighted by Gasteiger charge is 2.85. The monoisotopic (exact) mass is 590 g/mol. The second-order valence-corrected chi connectivity index (χ2v) is 17.8. The molecule has 6 heteroatoms. The van der Waals surface area contributed by atoms with Gasteiger partial charge in [0.05, 0.1) is 41.6 Å². The largest absolute Gasteiger partial charge is 0.457 e. The zero-order valence-corrected chi connectivity index (χ0v) is 25.9. The molecule has 0 aromatic carbocycles. The van der Waals surface area contributed by atoms with Crippen LogP contribution in [0.25, 0.3) is 0 Å². The molecule has 2 bridgehead atoms. The van der Waals surface area contributed by atoms with Crippen molar-refractivity contribution in [2.45, 2.75) is 122 Å². The summed E-state index contributed by atoms with van der Waals surface area (Å²) in [6.45, 7) is 17.0. The van der Waals surface area contributed by atoms with Crippen LogP contribution in [0.15, 0.2) is 0 Å². The maximum atomic E-state index is 13.9. The Kier molecular flexibility index (Phi) is 4.74. The van der Waals surface area contributed by atoms with Gasteiger partial charge in [-0.25, -0.2) is 0 Å². The van der Waals surface area contributed by atoms with Crippen molar-refractivity contribution in [2.75, 3.05) is 19.8 Å². The van der Waals surface area contributed by atoms with Crippen molar-refractivity contribution in [3.63, 3.8) is 0 Å². The molecule has 0 radical (unpaired) electrons. The van der Waals surface area contributed by atoms with Gasteiger partial charge in [-0.1, -0.05) is 57.5 Å². The molecule has 212 valence electrons. The maximum absolute atomic E-state index is 13.9. The molecule has 38 heavy (non-hydrogen) atoms. The lowest BCUT2D eigenvalue weighted by atomic mass is 9.30. The van der Waals surface area contributed by atoms with Gasteiger partial charge in [-0.2, -0.15) is 0 Å². The minimum atomic E-state index is -0.494. The molecule has 8 rings (SSSR count). The van der Waals surface area contributed by atoms with E-state index in [2.05, 4.69) is 57.5 Å². The third-order valence-corrected chi connectivity index (χ3v) is 16.2. The van der Waals surface area contributed by atoms with Gasteiger partial charge in [0.2, 0.25) is 0 Å². The molecule has 5 saturated carbocycles. The van der Waals surface area contributed by atoms with Crippen LogP contribution in [0.3, 0.4) is 0 Å². The Morgan fingerprint density at radius 2 is 1.53 bits per heavy atom. The number of hydrogen-bond donors (Lipinski definition) is 0. The Hall–Kier alpha value is -0.170. The van der Waals surface area contributed by atoms with Crippen LogP contribution in [0.4, 0.5) is 0 Å². The van der Waals surface area contributed by atoms with Crippen LogP contribution in [0.2, 0.25) is 0 Å². The molecule has 5 aliphatic carbocycles. The molecule has 3 aliphatic heterocycles. The van der Waals surface area contributed by atoms with Gasteiger partial charge in [-0.15, -0.1) is 0 Å². The number of esters is 1. The quantitative estimate of drug-likeness (QED) is 0.233. The molecule has 8 aliphatic rings. The molecular formula is C32H47BrO5. The average Bonchev–Trinajstić information content (AvgIpc) is 3.51. The lowest BCUT2D eigenvalue weighted by Gasteiger charge is -2.75. The summed E-state index contributed by atoms with van der Waals surface area (Å²) in [4.78, 5) is 14.1. The Balaban J connectivity index is 1.27. The number of ether oxygens (including phenoxy) is 4. The Bertz CT molecular complexity index is 1100. The van der Waals surface area contributed by atoms with Crippen LogP contribution in [0.5, 0.6) is 0 Å².